The van der Waals surface area contributed by atoms with Crippen LogP contribution in [0.2, 0.25) is 0 Å². The smallest absolute Gasteiger partial charge is 0.323 e. The Bertz CT molecular complexity index is 350. The largest absolute Gasteiger partial charge is 0.392 e. The number of hydrogen-bond donors (Lipinski definition) is 0. The highest BCUT2D eigenvalue weighted by Crippen LogP contribution is 2.61. The second-order valence-electron chi connectivity index (χ2n) is 4.81. The lowest BCUT2D eigenvalue weighted by Crippen LogP contribution is -2.47. The van der Waals surface area contributed by atoms with Crippen LogP contribution in [0.15, 0.2) is 0 Å². The summed E-state index contributed by atoms with van der Waals surface area (Å²) in [4.78, 5) is 23.1. The first kappa shape index (κ1) is 8.41. The number of hydrogen-bond acceptors (Lipinski definition) is 4. The second-order valence-corrected chi connectivity index (χ2v) is 4.81. The quantitative estimate of drug-likeness (QED) is 0.421. The van der Waals surface area contributed by atoms with Gasteiger partial charge in [0.25, 0.3) is 0 Å². The average molecular weight is 196 g/mol. The van der Waals surface area contributed by atoms with Crippen LogP contribution in [-0.2, 0) is 19.1 Å². The summed E-state index contributed by atoms with van der Waals surface area (Å²) >= 11 is 0. The lowest BCUT2D eigenvalue weighted by atomic mass is 9.62. The summed E-state index contributed by atoms with van der Waals surface area (Å²) in [6.07, 6.45) is 1.59. The molecule has 3 heterocycles. The van der Waals surface area contributed by atoms with E-state index in [0.29, 0.717) is 0 Å². The molecular formula is C10H12O4. The predicted octanol–water partition coefficient (Wildman–Crippen LogP) is 0.644. The molecule has 0 radical (unpaired) electrons. The molecule has 4 heteroatoms. The Balaban J connectivity index is 2.18. The monoisotopic (exact) mass is 196 g/mol. The van der Waals surface area contributed by atoms with E-state index in [1.165, 1.54) is 0 Å². The van der Waals surface area contributed by atoms with Crippen molar-refractivity contribution in [3.05, 3.63) is 0 Å². The van der Waals surface area contributed by atoms with E-state index in [2.05, 4.69) is 0 Å². The van der Waals surface area contributed by atoms with E-state index in [4.69, 9.17) is 9.47 Å². The fourth-order valence-electron chi connectivity index (χ4n) is 3.18. The van der Waals surface area contributed by atoms with E-state index < -0.39 is 23.0 Å². The molecule has 3 saturated heterocycles. The van der Waals surface area contributed by atoms with Crippen LogP contribution in [-0.4, -0.2) is 23.6 Å². The molecule has 0 aromatic rings. The van der Waals surface area contributed by atoms with Gasteiger partial charge in [-0.05, 0) is 26.7 Å². The fourth-order valence-corrected chi connectivity index (χ4v) is 3.18. The van der Waals surface area contributed by atoms with Gasteiger partial charge in [-0.1, -0.05) is 0 Å². The number of carbonyl (C=O) groups is 2. The molecule has 3 aliphatic rings. The van der Waals surface area contributed by atoms with Crippen LogP contribution in [0.1, 0.15) is 26.7 Å². The lowest BCUT2D eigenvalue weighted by molar-refractivity contribution is -0.162. The van der Waals surface area contributed by atoms with Crippen molar-refractivity contribution in [2.75, 3.05) is 0 Å². The maximum Gasteiger partial charge on any atom is 0.323 e. The molecule has 0 aromatic carbocycles. The summed E-state index contributed by atoms with van der Waals surface area (Å²) in [6.45, 7) is 3.71. The number of cyclic esters (lactones) is 2. The molecule has 3 rings (SSSR count). The van der Waals surface area contributed by atoms with Gasteiger partial charge in [0.1, 0.15) is 11.3 Å². The first-order valence-corrected chi connectivity index (χ1v) is 4.93. The van der Waals surface area contributed by atoms with Gasteiger partial charge in [-0.3, -0.25) is 9.59 Å². The minimum absolute atomic E-state index is 0.107. The number of esters is 2. The van der Waals surface area contributed by atoms with Gasteiger partial charge in [-0.15, -0.1) is 0 Å². The highest BCUT2D eigenvalue weighted by Gasteiger charge is 2.74. The van der Waals surface area contributed by atoms with E-state index in [1.54, 1.807) is 6.92 Å². The third-order valence-corrected chi connectivity index (χ3v) is 4.28. The first-order valence-electron chi connectivity index (χ1n) is 4.93. The topological polar surface area (TPSA) is 52.6 Å². The standard InChI is InChI=1S/C10H12O4/c1-9-4-3-5(14-9)6-7(11)13-8(12)10(6,9)2/h5-6H,3-4H2,1-2H3/t5-,6+,9+,10-/m1/s1. The normalized spacial score (nSPS) is 55.0. The van der Waals surface area contributed by atoms with E-state index in [1.807, 2.05) is 6.92 Å². The zero-order valence-corrected chi connectivity index (χ0v) is 8.20. The van der Waals surface area contributed by atoms with Crippen LogP contribution < -0.4 is 0 Å². The van der Waals surface area contributed by atoms with Gasteiger partial charge in [-0.2, -0.15) is 0 Å². The van der Waals surface area contributed by atoms with Crippen LogP contribution in [0.5, 0.6) is 0 Å². The average Bonchev–Trinajstić information content (AvgIpc) is 2.63. The maximum absolute atomic E-state index is 11.7. The van der Waals surface area contributed by atoms with Crippen molar-refractivity contribution < 1.29 is 19.1 Å². The molecule has 3 aliphatic heterocycles. The van der Waals surface area contributed by atoms with Crippen molar-refractivity contribution in [3.8, 4) is 0 Å². The van der Waals surface area contributed by atoms with Crippen molar-refractivity contribution in [1.82, 2.24) is 0 Å². The van der Waals surface area contributed by atoms with Gasteiger partial charge in [0.05, 0.1) is 11.7 Å². The van der Waals surface area contributed by atoms with Crippen LogP contribution in [0.25, 0.3) is 0 Å². The summed E-state index contributed by atoms with van der Waals surface area (Å²) in [5.41, 5.74) is -1.24. The van der Waals surface area contributed by atoms with Crippen LogP contribution in [0.4, 0.5) is 0 Å². The summed E-state index contributed by atoms with van der Waals surface area (Å²) in [5, 5.41) is 0. The zero-order valence-electron chi connectivity index (χ0n) is 8.20. The third-order valence-electron chi connectivity index (χ3n) is 4.28. The molecule has 0 N–H and O–H groups in total. The summed E-state index contributed by atoms with van der Waals surface area (Å²) in [7, 11) is 0. The highest BCUT2D eigenvalue weighted by molar-refractivity contribution is 6.01. The minimum Gasteiger partial charge on any atom is -0.392 e. The summed E-state index contributed by atoms with van der Waals surface area (Å²) in [5.74, 6) is -1.17. The molecule has 14 heavy (non-hydrogen) atoms. The molecule has 3 fully saturated rings. The van der Waals surface area contributed by atoms with E-state index in [0.717, 1.165) is 12.8 Å². The Morgan fingerprint density at radius 3 is 2.71 bits per heavy atom. The number of carbonyl (C=O) groups excluding carboxylic acids is 2. The van der Waals surface area contributed by atoms with Gasteiger partial charge in [0, 0.05) is 0 Å². The van der Waals surface area contributed by atoms with Crippen LogP contribution in [0.3, 0.4) is 0 Å². The zero-order chi connectivity index (χ0) is 10.1. The molecule has 0 aliphatic carbocycles. The summed E-state index contributed by atoms with van der Waals surface area (Å²) < 4.78 is 10.5. The number of fused-ring (bicyclic) bond motifs is 5. The number of rotatable bonds is 0. The Hall–Kier alpha value is -0.900. The van der Waals surface area contributed by atoms with Crippen LogP contribution in [0, 0.1) is 11.3 Å². The van der Waals surface area contributed by atoms with Crippen molar-refractivity contribution in [2.24, 2.45) is 11.3 Å². The van der Waals surface area contributed by atoms with Crippen molar-refractivity contribution in [3.63, 3.8) is 0 Å². The van der Waals surface area contributed by atoms with Gasteiger partial charge >= 0.3 is 11.9 Å². The van der Waals surface area contributed by atoms with Crippen molar-refractivity contribution in [1.29, 1.82) is 0 Å². The van der Waals surface area contributed by atoms with Gasteiger partial charge in [0.15, 0.2) is 0 Å². The Kier molecular flexibility index (Phi) is 1.22. The summed E-state index contributed by atoms with van der Waals surface area (Å²) in [6, 6.07) is 0. The Morgan fingerprint density at radius 1 is 1.36 bits per heavy atom. The molecule has 0 aromatic heterocycles. The van der Waals surface area contributed by atoms with Crippen LogP contribution >= 0.6 is 0 Å². The molecule has 0 unspecified atom stereocenters. The number of ether oxygens (including phenoxy) is 2. The molecule has 4 nitrogen and oxygen atoms in total. The van der Waals surface area contributed by atoms with E-state index in [-0.39, 0.29) is 12.0 Å². The molecule has 4 atom stereocenters. The molecule has 0 amide bonds. The van der Waals surface area contributed by atoms with Gasteiger partial charge < -0.3 is 9.47 Å². The molecule has 0 spiro atoms. The first-order chi connectivity index (χ1) is 6.49. The van der Waals surface area contributed by atoms with Crippen molar-refractivity contribution >= 4 is 11.9 Å². The van der Waals surface area contributed by atoms with Gasteiger partial charge in [-0.25, -0.2) is 0 Å². The minimum atomic E-state index is -0.743. The van der Waals surface area contributed by atoms with Crippen molar-refractivity contribution in [2.45, 2.75) is 38.4 Å². The maximum atomic E-state index is 11.7. The third kappa shape index (κ3) is 0.610. The molecule has 76 valence electrons. The van der Waals surface area contributed by atoms with E-state index in [9.17, 15) is 9.59 Å². The highest BCUT2D eigenvalue weighted by atomic mass is 16.6. The predicted molar refractivity (Wildman–Crippen MR) is 45.2 cm³/mol. The SMILES string of the molecule is C[C@]12C(=O)OC(=O)[C@@H]1[C@H]1CC[C@]2(C)O1. The van der Waals surface area contributed by atoms with Gasteiger partial charge in [0.2, 0.25) is 0 Å². The Morgan fingerprint density at radius 2 is 2.07 bits per heavy atom. The van der Waals surface area contributed by atoms with E-state index >= 15 is 0 Å². The molecule has 0 saturated carbocycles. The fraction of sp³-hybridized carbons (Fsp3) is 0.800. The molecular weight excluding hydrogens is 184 g/mol. The lowest BCUT2D eigenvalue weighted by Gasteiger charge is -2.34. The Labute approximate surface area is 81.6 Å². The second kappa shape index (κ2) is 2.03. The molecule has 2 bridgehead atoms.